The van der Waals surface area contributed by atoms with Crippen LogP contribution >= 0.6 is 24.0 Å². The molecule has 0 spiro atoms. The summed E-state index contributed by atoms with van der Waals surface area (Å²) < 4.78 is 7.69. The number of halogens is 1. The summed E-state index contributed by atoms with van der Waals surface area (Å²) in [6.07, 6.45) is 8.63. The number of aryl methyl sites for hydroxylation is 1. The number of ether oxygens (including phenoxy) is 1. The third kappa shape index (κ3) is 8.03. The third-order valence-electron chi connectivity index (χ3n) is 3.67. The Morgan fingerprint density at radius 1 is 1.23 bits per heavy atom. The van der Waals surface area contributed by atoms with Crippen molar-refractivity contribution in [2.75, 3.05) is 20.2 Å². The summed E-state index contributed by atoms with van der Waals surface area (Å²) in [4.78, 5) is 8.58. The van der Waals surface area contributed by atoms with E-state index in [0.717, 1.165) is 43.9 Å². The molecule has 144 valence electrons. The Bertz CT molecular complexity index is 632. The van der Waals surface area contributed by atoms with Crippen molar-refractivity contribution < 1.29 is 4.74 Å². The molecular weight excluding hydrogens is 443 g/mol. The van der Waals surface area contributed by atoms with E-state index in [2.05, 4.69) is 32.6 Å². The van der Waals surface area contributed by atoms with Crippen LogP contribution in [0.1, 0.15) is 31.7 Å². The van der Waals surface area contributed by atoms with Crippen molar-refractivity contribution in [3.05, 3.63) is 42.4 Å². The van der Waals surface area contributed by atoms with E-state index in [1.807, 2.05) is 29.1 Å². The van der Waals surface area contributed by atoms with Gasteiger partial charge >= 0.3 is 0 Å². The van der Waals surface area contributed by atoms with Crippen molar-refractivity contribution in [1.82, 2.24) is 25.4 Å². The lowest BCUT2D eigenvalue weighted by Gasteiger charge is -2.14. The van der Waals surface area contributed by atoms with Crippen LogP contribution in [0.3, 0.4) is 0 Å². The number of aliphatic imine (C=N–C) groups is 1. The lowest BCUT2D eigenvalue weighted by Crippen LogP contribution is -2.37. The normalized spacial score (nSPS) is 10.9. The molecule has 0 fully saturated rings. The number of rotatable bonds is 10. The fourth-order valence-electron chi connectivity index (χ4n) is 2.28. The van der Waals surface area contributed by atoms with Crippen molar-refractivity contribution in [3.63, 3.8) is 0 Å². The highest BCUT2D eigenvalue weighted by Crippen LogP contribution is 2.14. The summed E-state index contributed by atoms with van der Waals surface area (Å²) in [6, 6.07) is 5.87. The summed E-state index contributed by atoms with van der Waals surface area (Å²) >= 11 is 0. The zero-order valence-electron chi connectivity index (χ0n) is 15.5. The Hall–Kier alpha value is -1.84. The molecule has 2 rings (SSSR count). The molecule has 0 atom stereocenters. The van der Waals surface area contributed by atoms with E-state index < -0.39 is 0 Å². The second-order valence-electron chi connectivity index (χ2n) is 5.64. The number of guanidine groups is 1. The Kier molecular flexibility index (Phi) is 11.4. The molecule has 2 heterocycles. The van der Waals surface area contributed by atoms with Crippen LogP contribution in [0.4, 0.5) is 0 Å². The molecule has 0 aromatic carbocycles. The molecule has 2 aromatic heterocycles. The van der Waals surface area contributed by atoms with E-state index in [1.54, 1.807) is 19.4 Å². The molecule has 7 nitrogen and oxygen atoms in total. The first-order valence-electron chi connectivity index (χ1n) is 8.82. The van der Waals surface area contributed by atoms with Gasteiger partial charge in [0.1, 0.15) is 0 Å². The summed E-state index contributed by atoms with van der Waals surface area (Å²) in [5.41, 5.74) is 1.03. The number of nitrogens with one attached hydrogen (secondary N) is 2. The average Bonchev–Trinajstić information content (AvgIpc) is 3.16. The fraction of sp³-hybridized carbons (Fsp3) is 0.500. The van der Waals surface area contributed by atoms with Crippen molar-refractivity contribution in [1.29, 1.82) is 0 Å². The summed E-state index contributed by atoms with van der Waals surface area (Å²) in [5.74, 6) is 1.46. The number of pyridine rings is 1. The van der Waals surface area contributed by atoms with E-state index in [-0.39, 0.29) is 24.0 Å². The first-order chi connectivity index (χ1) is 12.3. The van der Waals surface area contributed by atoms with Gasteiger partial charge in [-0.05, 0) is 25.0 Å². The predicted molar refractivity (Wildman–Crippen MR) is 115 cm³/mol. The average molecular weight is 472 g/mol. The molecule has 8 heteroatoms. The largest absolute Gasteiger partial charge is 0.477 e. The molecular formula is C18H29IN6O. The van der Waals surface area contributed by atoms with Crippen LogP contribution in [-0.4, -0.2) is 40.9 Å². The van der Waals surface area contributed by atoms with E-state index >= 15 is 0 Å². The van der Waals surface area contributed by atoms with Crippen molar-refractivity contribution in [3.8, 4) is 5.88 Å². The van der Waals surface area contributed by atoms with Crippen LogP contribution in [-0.2, 0) is 13.1 Å². The first-order valence-corrected chi connectivity index (χ1v) is 8.82. The number of unbranched alkanes of at least 4 members (excludes halogenated alkanes) is 1. The molecule has 0 unspecified atom stereocenters. The lowest BCUT2D eigenvalue weighted by atomic mass is 10.2. The summed E-state index contributed by atoms with van der Waals surface area (Å²) in [5, 5.41) is 10.8. The molecule has 2 N–H and O–H groups in total. The van der Waals surface area contributed by atoms with Crippen LogP contribution in [0.25, 0.3) is 0 Å². The smallest absolute Gasteiger partial charge is 0.218 e. The Morgan fingerprint density at radius 3 is 2.85 bits per heavy atom. The standard InChI is InChI=1S/C18H28N6O.HI/c1-3-4-14-25-17-16(8-5-9-20-17)15-22-18(19-2)21-10-6-12-24-13-7-11-23-24;/h5,7-9,11,13H,3-4,6,10,12,14-15H2,1-2H3,(H2,19,21,22);1H. The highest BCUT2D eigenvalue weighted by atomic mass is 127. The summed E-state index contributed by atoms with van der Waals surface area (Å²) in [7, 11) is 1.77. The minimum Gasteiger partial charge on any atom is -0.477 e. The number of aromatic nitrogens is 3. The predicted octanol–water partition coefficient (Wildman–Crippen LogP) is 2.83. The quantitative estimate of drug-likeness (QED) is 0.241. The Morgan fingerprint density at radius 2 is 2.12 bits per heavy atom. The highest BCUT2D eigenvalue weighted by molar-refractivity contribution is 14.0. The van der Waals surface area contributed by atoms with Crippen LogP contribution < -0.4 is 15.4 Å². The lowest BCUT2D eigenvalue weighted by molar-refractivity contribution is 0.294. The monoisotopic (exact) mass is 472 g/mol. The van der Waals surface area contributed by atoms with Gasteiger partial charge in [-0.3, -0.25) is 9.67 Å². The van der Waals surface area contributed by atoms with Gasteiger partial charge in [-0.25, -0.2) is 4.98 Å². The van der Waals surface area contributed by atoms with E-state index in [1.165, 1.54) is 0 Å². The van der Waals surface area contributed by atoms with Crippen molar-refractivity contribution in [2.45, 2.75) is 39.3 Å². The second-order valence-corrected chi connectivity index (χ2v) is 5.64. The minimum atomic E-state index is 0. The fourth-order valence-corrected chi connectivity index (χ4v) is 2.28. The van der Waals surface area contributed by atoms with Gasteiger partial charge in [-0.2, -0.15) is 5.10 Å². The van der Waals surface area contributed by atoms with Gasteiger partial charge in [0, 0.05) is 50.8 Å². The van der Waals surface area contributed by atoms with Gasteiger partial charge in [0.25, 0.3) is 0 Å². The van der Waals surface area contributed by atoms with Crippen LogP contribution in [0, 0.1) is 0 Å². The molecule has 0 aliphatic rings. The third-order valence-corrected chi connectivity index (χ3v) is 3.67. The van der Waals surface area contributed by atoms with Crippen LogP contribution in [0.15, 0.2) is 41.8 Å². The molecule has 0 saturated heterocycles. The molecule has 0 saturated carbocycles. The second kappa shape index (κ2) is 13.4. The maximum absolute atomic E-state index is 5.76. The van der Waals surface area contributed by atoms with Crippen molar-refractivity contribution in [2.24, 2.45) is 4.99 Å². The Balaban J connectivity index is 0.00000338. The van der Waals surface area contributed by atoms with Gasteiger partial charge in [-0.1, -0.05) is 19.4 Å². The van der Waals surface area contributed by atoms with Crippen LogP contribution in [0.5, 0.6) is 5.88 Å². The summed E-state index contributed by atoms with van der Waals surface area (Å²) in [6.45, 7) is 5.17. The molecule has 2 aromatic rings. The topological polar surface area (TPSA) is 76.4 Å². The number of hydrogen-bond acceptors (Lipinski definition) is 4. The molecule has 0 aliphatic carbocycles. The molecule has 26 heavy (non-hydrogen) atoms. The van der Waals surface area contributed by atoms with E-state index in [9.17, 15) is 0 Å². The maximum atomic E-state index is 5.76. The first kappa shape index (κ1) is 22.2. The van der Waals surface area contributed by atoms with Crippen LogP contribution in [0.2, 0.25) is 0 Å². The molecule has 0 radical (unpaired) electrons. The number of hydrogen-bond donors (Lipinski definition) is 2. The van der Waals surface area contributed by atoms with Crippen molar-refractivity contribution >= 4 is 29.9 Å². The molecule has 0 amide bonds. The van der Waals surface area contributed by atoms with Gasteiger partial charge < -0.3 is 15.4 Å². The Labute approximate surface area is 172 Å². The SMILES string of the molecule is CCCCOc1ncccc1CNC(=NC)NCCCn1cccn1.I. The van der Waals surface area contributed by atoms with E-state index in [0.29, 0.717) is 19.0 Å². The zero-order valence-corrected chi connectivity index (χ0v) is 17.8. The zero-order chi connectivity index (χ0) is 17.7. The van der Waals surface area contributed by atoms with Gasteiger partial charge in [-0.15, -0.1) is 24.0 Å². The number of nitrogens with zero attached hydrogens (tertiary/aromatic N) is 4. The van der Waals surface area contributed by atoms with Gasteiger partial charge in [0.15, 0.2) is 5.96 Å². The maximum Gasteiger partial charge on any atom is 0.218 e. The highest BCUT2D eigenvalue weighted by Gasteiger charge is 2.06. The van der Waals surface area contributed by atoms with Gasteiger partial charge in [0.05, 0.1) is 6.61 Å². The van der Waals surface area contributed by atoms with E-state index in [4.69, 9.17) is 4.74 Å². The van der Waals surface area contributed by atoms with Gasteiger partial charge in [0.2, 0.25) is 5.88 Å². The molecule has 0 aliphatic heterocycles. The minimum absolute atomic E-state index is 0. The molecule has 0 bridgehead atoms.